The molecule has 0 radical (unpaired) electrons. The minimum atomic E-state index is -0.393. The van der Waals surface area contributed by atoms with Crippen molar-refractivity contribution in [2.45, 2.75) is 6.92 Å². The van der Waals surface area contributed by atoms with Crippen LogP contribution in [0, 0.1) is 0 Å². The predicted octanol–water partition coefficient (Wildman–Crippen LogP) is 5.50. The molecular formula is C20H15BrClN3O3. The first-order chi connectivity index (χ1) is 13.4. The second kappa shape index (κ2) is 8.86. The monoisotopic (exact) mass is 459 g/mol. The van der Waals surface area contributed by atoms with Crippen molar-refractivity contribution >= 4 is 50.7 Å². The summed E-state index contributed by atoms with van der Waals surface area (Å²) >= 11 is 9.37. The summed E-state index contributed by atoms with van der Waals surface area (Å²) in [5.74, 6) is 0.332. The van der Waals surface area contributed by atoms with E-state index in [4.69, 9.17) is 16.3 Å². The summed E-state index contributed by atoms with van der Waals surface area (Å²) in [7, 11) is 0. The van der Waals surface area contributed by atoms with Gasteiger partial charge in [0.2, 0.25) is 11.8 Å². The zero-order valence-electron chi connectivity index (χ0n) is 14.7. The Hall–Kier alpha value is -2.90. The molecule has 2 N–H and O–H groups in total. The van der Waals surface area contributed by atoms with Crippen LogP contribution in [0.3, 0.4) is 0 Å². The van der Waals surface area contributed by atoms with Crippen LogP contribution in [-0.2, 0) is 4.79 Å². The minimum absolute atomic E-state index is 0.256. The first-order valence-corrected chi connectivity index (χ1v) is 9.36. The molecule has 0 aliphatic heterocycles. The van der Waals surface area contributed by atoms with Crippen molar-refractivity contribution in [3.8, 4) is 11.6 Å². The van der Waals surface area contributed by atoms with Crippen molar-refractivity contribution < 1.29 is 14.3 Å². The Morgan fingerprint density at radius 3 is 2.54 bits per heavy atom. The van der Waals surface area contributed by atoms with Crippen LogP contribution in [0.1, 0.15) is 17.3 Å². The Kier molecular flexibility index (Phi) is 6.28. The molecule has 0 bridgehead atoms. The van der Waals surface area contributed by atoms with Gasteiger partial charge in [-0.3, -0.25) is 9.59 Å². The molecule has 142 valence electrons. The van der Waals surface area contributed by atoms with Gasteiger partial charge < -0.3 is 15.4 Å². The summed E-state index contributed by atoms with van der Waals surface area (Å²) in [6.07, 6.45) is 1.41. The van der Waals surface area contributed by atoms with E-state index < -0.39 is 5.91 Å². The molecule has 2 amide bonds. The number of aromatic nitrogens is 1. The van der Waals surface area contributed by atoms with Gasteiger partial charge in [-0.25, -0.2) is 4.98 Å². The summed E-state index contributed by atoms with van der Waals surface area (Å²) in [5.41, 5.74) is 1.17. The van der Waals surface area contributed by atoms with E-state index in [0.29, 0.717) is 33.6 Å². The second-order valence-electron chi connectivity index (χ2n) is 5.77. The minimum Gasteiger partial charge on any atom is -0.439 e. The van der Waals surface area contributed by atoms with E-state index in [9.17, 15) is 9.59 Å². The zero-order chi connectivity index (χ0) is 20.1. The first kappa shape index (κ1) is 19.9. The fourth-order valence-electron chi connectivity index (χ4n) is 2.34. The van der Waals surface area contributed by atoms with Gasteiger partial charge in [-0.1, -0.05) is 33.6 Å². The summed E-state index contributed by atoms with van der Waals surface area (Å²) in [6.45, 7) is 1.38. The van der Waals surface area contributed by atoms with Crippen LogP contribution < -0.4 is 15.4 Å². The SMILES string of the molecule is CC(=O)Nc1ccc(Cl)cc1NC(=O)c1ccc(Oc2cccc(Br)c2)nc1. The van der Waals surface area contributed by atoms with E-state index in [1.54, 1.807) is 36.4 Å². The van der Waals surface area contributed by atoms with Crippen molar-refractivity contribution in [3.05, 3.63) is 75.9 Å². The van der Waals surface area contributed by atoms with E-state index in [0.717, 1.165) is 4.47 Å². The fourth-order valence-corrected chi connectivity index (χ4v) is 2.89. The molecule has 0 spiro atoms. The Morgan fingerprint density at radius 1 is 1.04 bits per heavy atom. The molecule has 0 saturated carbocycles. The van der Waals surface area contributed by atoms with Crippen LogP contribution in [-0.4, -0.2) is 16.8 Å². The van der Waals surface area contributed by atoms with Gasteiger partial charge in [0.1, 0.15) is 5.75 Å². The lowest BCUT2D eigenvalue weighted by atomic mass is 10.2. The number of rotatable bonds is 5. The van der Waals surface area contributed by atoms with Gasteiger partial charge in [-0.15, -0.1) is 0 Å². The highest BCUT2D eigenvalue weighted by Crippen LogP contribution is 2.27. The number of carbonyl (C=O) groups is 2. The summed E-state index contributed by atoms with van der Waals surface area (Å²) in [4.78, 5) is 28.0. The number of nitrogens with one attached hydrogen (secondary N) is 2. The van der Waals surface area contributed by atoms with Crippen molar-refractivity contribution in [3.63, 3.8) is 0 Å². The van der Waals surface area contributed by atoms with Crippen molar-refractivity contribution in [1.29, 1.82) is 0 Å². The van der Waals surface area contributed by atoms with Crippen LogP contribution in [0.15, 0.2) is 65.3 Å². The average molecular weight is 461 g/mol. The molecular weight excluding hydrogens is 446 g/mol. The predicted molar refractivity (Wildman–Crippen MR) is 112 cm³/mol. The van der Waals surface area contributed by atoms with Crippen molar-refractivity contribution in [1.82, 2.24) is 4.98 Å². The highest BCUT2D eigenvalue weighted by Gasteiger charge is 2.12. The highest BCUT2D eigenvalue weighted by molar-refractivity contribution is 9.10. The molecule has 0 aliphatic carbocycles. The van der Waals surface area contributed by atoms with Gasteiger partial charge in [0, 0.05) is 28.7 Å². The van der Waals surface area contributed by atoms with Crippen molar-refractivity contribution in [2.24, 2.45) is 0 Å². The van der Waals surface area contributed by atoms with E-state index in [1.807, 2.05) is 18.2 Å². The molecule has 0 saturated heterocycles. The van der Waals surface area contributed by atoms with Crippen LogP contribution in [0.5, 0.6) is 11.6 Å². The molecule has 8 heteroatoms. The molecule has 28 heavy (non-hydrogen) atoms. The molecule has 0 aliphatic rings. The Bertz CT molecular complexity index is 1030. The Balaban J connectivity index is 1.73. The number of hydrogen-bond donors (Lipinski definition) is 2. The number of benzene rings is 2. The van der Waals surface area contributed by atoms with Crippen LogP contribution in [0.25, 0.3) is 0 Å². The van der Waals surface area contributed by atoms with Crippen molar-refractivity contribution in [2.75, 3.05) is 10.6 Å². The van der Waals surface area contributed by atoms with Crippen LogP contribution >= 0.6 is 27.5 Å². The maximum atomic E-state index is 12.5. The molecule has 3 aromatic rings. The van der Waals surface area contributed by atoms with Crippen LogP contribution in [0.4, 0.5) is 11.4 Å². The number of pyridine rings is 1. The highest BCUT2D eigenvalue weighted by atomic mass is 79.9. The standard InChI is InChI=1S/C20H15BrClN3O3/c1-12(26)24-17-7-6-15(22)10-18(17)25-20(27)13-5-8-19(23-11-13)28-16-4-2-3-14(21)9-16/h2-11H,1H3,(H,24,26)(H,25,27). The lowest BCUT2D eigenvalue weighted by Crippen LogP contribution is -2.15. The molecule has 1 aromatic heterocycles. The van der Waals surface area contributed by atoms with Gasteiger partial charge in [0.05, 0.1) is 16.9 Å². The zero-order valence-corrected chi connectivity index (χ0v) is 17.0. The first-order valence-electron chi connectivity index (χ1n) is 8.19. The maximum absolute atomic E-state index is 12.5. The smallest absolute Gasteiger partial charge is 0.257 e. The van der Waals surface area contributed by atoms with Crippen LogP contribution in [0.2, 0.25) is 5.02 Å². The van der Waals surface area contributed by atoms with E-state index in [-0.39, 0.29) is 5.91 Å². The maximum Gasteiger partial charge on any atom is 0.257 e. The Labute approximate surface area is 175 Å². The largest absolute Gasteiger partial charge is 0.439 e. The fraction of sp³-hybridized carbons (Fsp3) is 0.0500. The van der Waals surface area contributed by atoms with E-state index in [2.05, 4.69) is 31.5 Å². The summed E-state index contributed by atoms with van der Waals surface area (Å²) in [5, 5.41) is 5.80. The van der Waals surface area contributed by atoms with Gasteiger partial charge >= 0.3 is 0 Å². The molecule has 2 aromatic carbocycles. The number of hydrogen-bond acceptors (Lipinski definition) is 4. The van der Waals surface area contributed by atoms with E-state index in [1.165, 1.54) is 13.1 Å². The second-order valence-corrected chi connectivity index (χ2v) is 7.12. The number of nitrogens with zero attached hydrogens (tertiary/aromatic N) is 1. The topological polar surface area (TPSA) is 80.3 Å². The summed E-state index contributed by atoms with van der Waals surface area (Å²) in [6, 6.07) is 15.3. The number of anilines is 2. The van der Waals surface area contributed by atoms with Gasteiger partial charge in [0.15, 0.2) is 0 Å². The van der Waals surface area contributed by atoms with Gasteiger partial charge in [0.25, 0.3) is 5.91 Å². The Morgan fingerprint density at radius 2 is 1.86 bits per heavy atom. The quantitative estimate of drug-likeness (QED) is 0.527. The molecule has 1 heterocycles. The number of halogens is 2. The third kappa shape index (κ3) is 5.31. The summed E-state index contributed by atoms with van der Waals surface area (Å²) < 4.78 is 6.54. The van der Waals surface area contributed by atoms with Gasteiger partial charge in [-0.05, 0) is 42.5 Å². The molecule has 0 atom stereocenters. The lowest BCUT2D eigenvalue weighted by Gasteiger charge is -2.12. The number of carbonyl (C=O) groups excluding carboxylic acids is 2. The number of amides is 2. The molecule has 6 nitrogen and oxygen atoms in total. The van der Waals surface area contributed by atoms with Gasteiger partial charge in [-0.2, -0.15) is 0 Å². The average Bonchev–Trinajstić information content (AvgIpc) is 2.64. The van der Waals surface area contributed by atoms with E-state index >= 15 is 0 Å². The molecule has 0 unspecified atom stereocenters. The lowest BCUT2D eigenvalue weighted by molar-refractivity contribution is -0.114. The normalized spacial score (nSPS) is 10.2. The number of ether oxygens (including phenoxy) is 1. The third-order valence-corrected chi connectivity index (χ3v) is 4.29. The molecule has 0 fully saturated rings. The molecule has 3 rings (SSSR count). The third-order valence-electron chi connectivity index (χ3n) is 3.56.